The molecule has 160 valence electrons. The number of aliphatic carboxylic acids is 1. The molecule has 4 N–H and O–H groups in total. The average Bonchev–Trinajstić information content (AvgIpc) is 2.64. The molecule has 0 fully saturated rings. The van der Waals surface area contributed by atoms with Crippen molar-refractivity contribution in [1.29, 1.82) is 0 Å². The van der Waals surface area contributed by atoms with Gasteiger partial charge in [0.15, 0.2) is 0 Å². The number of unbranched alkanes of at least 4 members (excludes halogenated alkanes) is 14. The predicted molar refractivity (Wildman–Crippen MR) is 113 cm³/mol. The number of carbonyl (C=O) groups excluding carboxylic acids is 1. The van der Waals surface area contributed by atoms with Crippen LogP contribution in [0.4, 0.5) is 0 Å². The quantitative estimate of drug-likeness (QED) is 0.238. The molecule has 0 spiro atoms. The molecule has 0 aromatic rings. The maximum Gasteiger partial charge on any atom is 0.303 e. The zero-order valence-corrected chi connectivity index (χ0v) is 17.5. The average molecular weight is 385 g/mol. The fraction of sp³-hybridized carbons (Fsp3) is 0.909. The van der Waals surface area contributed by atoms with E-state index in [9.17, 15) is 9.59 Å². The Morgan fingerprint density at radius 2 is 1.00 bits per heavy atom. The van der Waals surface area contributed by atoms with Gasteiger partial charge in [-0.05, 0) is 32.2 Å². The third kappa shape index (κ3) is 22.9. The van der Waals surface area contributed by atoms with Crippen molar-refractivity contribution in [3.63, 3.8) is 0 Å². The summed E-state index contributed by atoms with van der Waals surface area (Å²) < 4.78 is 0. The largest absolute Gasteiger partial charge is 0.481 e. The van der Waals surface area contributed by atoms with Gasteiger partial charge in [0.05, 0.1) is 0 Å². The number of rotatable bonds is 21. The summed E-state index contributed by atoms with van der Waals surface area (Å²) in [5.41, 5.74) is 5.48. The van der Waals surface area contributed by atoms with Crippen molar-refractivity contribution in [2.75, 3.05) is 13.1 Å². The summed E-state index contributed by atoms with van der Waals surface area (Å²) >= 11 is 0. The van der Waals surface area contributed by atoms with E-state index in [1.54, 1.807) is 0 Å². The molecule has 5 heteroatoms. The Morgan fingerprint density at radius 3 is 1.48 bits per heavy atom. The molecule has 0 atom stereocenters. The summed E-state index contributed by atoms with van der Waals surface area (Å²) in [6.45, 7) is 1.64. The highest BCUT2D eigenvalue weighted by molar-refractivity contribution is 5.75. The minimum absolute atomic E-state index is 0.199. The van der Waals surface area contributed by atoms with Crippen LogP contribution in [0.15, 0.2) is 0 Å². The van der Waals surface area contributed by atoms with Crippen molar-refractivity contribution in [3.05, 3.63) is 0 Å². The summed E-state index contributed by atoms with van der Waals surface area (Å²) in [6, 6.07) is 0. The minimum Gasteiger partial charge on any atom is -0.481 e. The molecule has 27 heavy (non-hydrogen) atoms. The topological polar surface area (TPSA) is 92.4 Å². The fourth-order valence-corrected chi connectivity index (χ4v) is 3.27. The summed E-state index contributed by atoms with van der Waals surface area (Å²) in [7, 11) is 0. The lowest BCUT2D eigenvalue weighted by molar-refractivity contribution is -0.137. The summed E-state index contributed by atoms with van der Waals surface area (Å²) in [5.74, 6) is -0.493. The highest BCUT2D eigenvalue weighted by Gasteiger charge is 2.01. The standard InChI is InChI=1S/C22H44N2O3/c23-19-15-11-7-3-4-8-12-16-20-24-21(25)17-13-9-5-1-2-6-10-14-18-22(26)27/h1-20,23H2,(H,24,25)(H,26,27). The maximum absolute atomic E-state index is 11.8. The summed E-state index contributed by atoms with van der Waals surface area (Å²) in [6.07, 6.45) is 19.5. The van der Waals surface area contributed by atoms with Gasteiger partial charge in [0.2, 0.25) is 5.91 Å². The molecule has 0 heterocycles. The number of carboxylic acids is 1. The van der Waals surface area contributed by atoms with Crippen LogP contribution in [0.5, 0.6) is 0 Å². The number of hydrogen-bond acceptors (Lipinski definition) is 3. The van der Waals surface area contributed by atoms with E-state index in [0.717, 1.165) is 58.0 Å². The van der Waals surface area contributed by atoms with Gasteiger partial charge >= 0.3 is 5.97 Å². The van der Waals surface area contributed by atoms with E-state index >= 15 is 0 Å². The Bertz CT molecular complexity index is 348. The van der Waals surface area contributed by atoms with Crippen LogP contribution in [0, 0.1) is 0 Å². The highest BCUT2D eigenvalue weighted by atomic mass is 16.4. The number of nitrogens with one attached hydrogen (secondary N) is 1. The van der Waals surface area contributed by atoms with Crippen molar-refractivity contribution < 1.29 is 14.7 Å². The molecule has 0 saturated heterocycles. The molecule has 0 aliphatic carbocycles. The first kappa shape index (κ1) is 25.9. The number of hydrogen-bond donors (Lipinski definition) is 3. The van der Waals surface area contributed by atoms with Crippen molar-refractivity contribution in [3.8, 4) is 0 Å². The Kier molecular flexibility index (Phi) is 20.3. The third-order valence-corrected chi connectivity index (χ3v) is 5.00. The minimum atomic E-state index is -0.692. The van der Waals surface area contributed by atoms with Gasteiger partial charge in [0.1, 0.15) is 0 Å². The Labute approximate surface area is 166 Å². The van der Waals surface area contributed by atoms with Crippen molar-refractivity contribution >= 4 is 11.9 Å². The van der Waals surface area contributed by atoms with Crippen LogP contribution in [0.3, 0.4) is 0 Å². The SMILES string of the molecule is NCCCCCCCCCCNC(=O)CCCCCCCCCCC(=O)O. The maximum atomic E-state index is 11.8. The molecule has 0 aliphatic rings. The molecule has 0 unspecified atom stereocenters. The summed E-state index contributed by atoms with van der Waals surface area (Å²) in [4.78, 5) is 22.2. The van der Waals surface area contributed by atoms with Gasteiger partial charge in [-0.3, -0.25) is 9.59 Å². The first-order valence-electron chi connectivity index (χ1n) is 11.4. The monoisotopic (exact) mass is 384 g/mol. The van der Waals surface area contributed by atoms with Gasteiger partial charge in [-0.15, -0.1) is 0 Å². The molecular weight excluding hydrogens is 340 g/mol. The van der Waals surface area contributed by atoms with Crippen LogP contribution in [-0.4, -0.2) is 30.1 Å². The predicted octanol–water partition coefficient (Wildman–Crippen LogP) is 5.17. The van der Waals surface area contributed by atoms with Gasteiger partial charge in [-0.25, -0.2) is 0 Å². The lowest BCUT2D eigenvalue weighted by Crippen LogP contribution is -2.23. The van der Waals surface area contributed by atoms with Crippen molar-refractivity contribution in [1.82, 2.24) is 5.32 Å². The molecule has 0 radical (unpaired) electrons. The lowest BCUT2D eigenvalue weighted by Gasteiger charge is -2.06. The third-order valence-electron chi connectivity index (χ3n) is 5.00. The van der Waals surface area contributed by atoms with E-state index < -0.39 is 5.97 Å². The van der Waals surface area contributed by atoms with Crippen molar-refractivity contribution in [2.45, 2.75) is 116 Å². The normalized spacial score (nSPS) is 10.9. The number of carboxylic acid groups (broad SMARTS) is 1. The van der Waals surface area contributed by atoms with E-state index in [2.05, 4.69) is 5.32 Å². The molecule has 0 saturated carbocycles. The second kappa shape index (κ2) is 21.2. The molecule has 0 aromatic heterocycles. The highest BCUT2D eigenvalue weighted by Crippen LogP contribution is 2.11. The van der Waals surface area contributed by atoms with Crippen LogP contribution in [-0.2, 0) is 9.59 Å². The van der Waals surface area contributed by atoms with Gasteiger partial charge in [-0.1, -0.05) is 77.0 Å². The van der Waals surface area contributed by atoms with E-state index in [1.165, 1.54) is 57.8 Å². The molecular formula is C22H44N2O3. The first-order chi connectivity index (χ1) is 13.2. The van der Waals surface area contributed by atoms with Crippen LogP contribution in [0.1, 0.15) is 116 Å². The lowest BCUT2D eigenvalue weighted by atomic mass is 10.1. The van der Waals surface area contributed by atoms with Gasteiger partial charge in [0.25, 0.3) is 0 Å². The van der Waals surface area contributed by atoms with E-state index in [4.69, 9.17) is 10.8 Å². The molecule has 5 nitrogen and oxygen atoms in total. The smallest absolute Gasteiger partial charge is 0.303 e. The summed E-state index contributed by atoms with van der Waals surface area (Å²) in [5, 5.41) is 11.6. The van der Waals surface area contributed by atoms with E-state index in [0.29, 0.717) is 12.8 Å². The molecule has 0 rings (SSSR count). The van der Waals surface area contributed by atoms with E-state index in [-0.39, 0.29) is 5.91 Å². The van der Waals surface area contributed by atoms with Crippen LogP contribution in [0.25, 0.3) is 0 Å². The molecule has 0 aliphatic heterocycles. The number of amides is 1. The second-order valence-electron chi connectivity index (χ2n) is 7.69. The van der Waals surface area contributed by atoms with Crippen LogP contribution in [0.2, 0.25) is 0 Å². The van der Waals surface area contributed by atoms with Gasteiger partial charge in [0, 0.05) is 19.4 Å². The van der Waals surface area contributed by atoms with Crippen LogP contribution >= 0.6 is 0 Å². The Balaban J connectivity index is 3.16. The Morgan fingerprint density at radius 1 is 0.593 bits per heavy atom. The zero-order chi connectivity index (χ0) is 20.0. The van der Waals surface area contributed by atoms with Gasteiger partial charge in [-0.2, -0.15) is 0 Å². The molecule has 1 amide bonds. The second-order valence-corrected chi connectivity index (χ2v) is 7.69. The van der Waals surface area contributed by atoms with Crippen LogP contribution < -0.4 is 11.1 Å². The fourth-order valence-electron chi connectivity index (χ4n) is 3.27. The van der Waals surface area contributed by atoms with Crippen molar-refractivity contribution in [2.24, 2.45) is 5.73 Å². The number of nitrogens with two attached hydrogens (primary N) is 1. The Hall–Kier alpha value is -1.10. The molecule has 0 aromatic carbocycles. The van der Waals surface area contributed by atoms with Gasteiger partial charge < -0.3 is 16.2 Å². The van der Waals surface area contributed by atoms with E-state index in [1.807, 2.05) is 0 Å². The number of carbonyl (C=O) groups is 2. The first-order valence-corrected chi connectivity index (χ1v) is 11.4. The zero-order valence-electron chi connectivity index (χ0n) is 17.5. The molecule has 0 bridgehead atoms.